The van der Waals surface area contributed by atoms with E-state index in [1.807, 2.05) is 0 Å². The van der Waals surface area contributed by atoms with Gasteiger partial charge in [-0.2, -0.15) is 5.26 Å². The summed E-state index contributed by atoms with van der Waals surface area (Å²) in [6, 6.07) is 11.7. The maximum Gasteiger partial charge on any atom is 0.143 e. The average molecular weight is 291 g/mol. The highest BCUT2D eigenvalue weighted by Gasteiger charge is 2.10. The summed E-state index contributed by atoms with van der Waals surface area (Å²) in [6.07, 6.45) is 0. The maximum atomic E-state index is 13.7. The summed E-state index contributed by atoms with van der Waals surface area (Å²) in [5.74, 6) is 0.150. The number of hydrogen-bond acceptors (Lipinski definition) is 3. The maximum absolute atomic E-state index is 13.7. The van der Waals surface area contributed by atoms with Crippen molar-refractivity contribution in [1.82, 2.24) is 0 Å². The summed E-state index contributed by atoms with van der Waals surface area (Å²) < 4.78 is 18.9. The molecule has 0 atom stereocenters. The predicted molar refractivity (Wildman–Crippen MR) is 76.4 cm³/mol. The van der Waals surface area contributed by atoms with Crippen LogP contribution in [0, 0.1) is 17.1 Å². The molecule has 0 spiro atoms. The topological polar surface area (TPSA) is 45.0 Å². The summed E-state index contributed by atoms with van der Waals surface area (Å²) in [5, 5.41) is 12.5. The van der Waals surface area contributed by atoms with E-state index in [4.69, 9.17) is 21.6 Å². The van der Waals surface area contributed by atoms with E-state index in [1.165, 1.54) is 13.2 Å². The molecule has 0 amide bonds. The van der Waals surface area contributed by atoms with Gasteiger partial charge in [-0.15, -0.1) is 0 Å². The second kappa shape index (κ2) is 6.27. The average Bonchev–Trinajstić information content (AvgIpc) is 2.46. The monoisotopic (exact) mass is 290 g/mol. The summed E-state index contributed by atoms with van der Waals surface area (Å²) >= 11 is 5.71. The fraction of sp³-hybridized carbons (Fsp3) is 0.133. The Morgan fingerprint density at radius 1 is 1.35 bits per heavy atom. The van der Waals surface area contributed by atoms with Crippen LogP contribution in [-0.2, 0) is 6.54 Å². The molecule has 2 aromatic carbocycles. The van der Waals surface area contributed by atoms with Crippen molar-refractivity contribution >= 4 is 17.3 Å². The van der Waals surface area contributed by atoms with Crippen LogP contribution in [0.2, 0.25) is 5.02 Å². The molecule has 20 heavy (non-hydrogen) atoms. The number of nitrogens with zero attached hydrogens (tertiary/aromatic N) is 1. The lowest BCUT2D eigenvalue weighted by Crippen LogP contribution is -2.05. The third-order valence-corrected chi connectivity index (χ3v) is 3.07. The molecular weight excluding hydrogens is 279 g/mol. The minimum Gasteiger partial charge on any atom is -0.495 e. The molecule has 0 saturated carbocycles. The van der Waals surface area contributed by atoms with E-state index in [0.717, 1.165) is 0 Å². The van der Waals surface area contributed by atoms with E-state index in [2.05, 4.69) is 11.4 Å². The highest BCUT2D eigenvalue weighted by atomic mass is 35.5. The van der Waals surface area contributed by atoms with Crippen LogP contribution in [0.15, 0.2) is 36.4 Å². The molecule has 1 N–H and O–H groups in total. The van der Waals surface area contributed by atoms with Crippen molar-refractivity contribution in [2.75, 3.05) is 12.4 Å². The fourth-order valence-electron chi connectivity index (χ4n) is 1.83. The Labute approximate surface area is 121 Å². The van der Waals surface area contributed by atoms with Gasteiger partial charge in [0.05, 0.1) is 18.4 Å². The lowest BCUT2D eigenvalue weighted by Gasteiger charge is -2.13. The van der Waals surface area contributed by atoms with Crippen molar-refractivity contribution in [1.29, 1.82) is 5.26 Å². The van der Waals surface area contributed by atoms with Crippen molar-refractivity contribution in [2.45, 2.75) is 6.54 Å². The second-order valence-electron chi connectivity index (χ2n) is 4.08. The quantitative estimate of drug-likeness (QED) is 0.926. The van der Waals surface area contributed by atoms with Gasteiger partial charge in [-0.1, -0.05) is 23.7 Å². The van der Waals surface area contributed by atoms with Gasteiger partial charge in [-0.05, 0) is 24.3 Å². The normalized spacial score (nSPS) is 9.90. The molecule has 0 aliphatic rings. The Bertz CT molecular complexity index is 667. The first kappa shape index (κ1) is 14.2. The molecule has 0 saturated heterocycles. The molecule has 0 aromatic heterocycles. The number of nitriles is 1. The van der Waals surface area contributed by atoms with E-state index < -0.39 is 5.82 Å². The SMILES string of the molecule is COc1cccc(C#N)c1NCc1ccc(Cl)cc1F. The lowest BCUT2D eigenvalue weighted by molar-refractivity contribution is 0.416. The van der Waals surface area contributed by atoms with Crippen molar-refractivity contribution in [3.8, 4) is 11.8 Å². The first-order chi connectivity index (χ1) is 9.65. The summed E-state index contributed by atoms with van der Waals surface area (Å²) in [6.45, 7) is 0.234. The number of anilines is 1. The number of nitrogens with one attached hydrogen (secondary N) is 1. The summed E-state index contributed by atoms with van der Waals surface area (Å²) in [7, 11) is 1.52. The summed E-state index contributed by atoms with van der Waals surface area (Å²) in [4.78, 5) is 0. The second-order valence-corrected chi connectivity index (χ2v) is 4.52. The minimum absolute atomic E-state index is 0.234. The zero-order chi connectivity index (χ0) is 14.5. The van der Waals surface area contributed by atoms with Gasteiger partial charge in [-0.3, -0.25) is 0 Å². The number of halogens is 2. The Hall–Kier alpha value is -2.25. The first-order valence-electron chi connectivity index (χ1n) is 5.90. The predicted octanol–water partition coefficient (Wildman–Crippen LogP) is 3.97. The highest BCUT2D eigenvalue weighted by molar-refractivity contribution is 6.30. The van der Waals surface area contributed by atoms with Crippen molar-refractivity contribution in [3.05, 3.63) is 58.4 Å². The smallest absolute Gasteiger partial charge is 0.143 e. The Kier molecular flexibility index (Phi) is 4.44. The van der Waals surface area contributed by atoms with Gasteiger partial charge in [-0.25, -0.2) is 4.39 Å². The molecule has 0 unspecified atom stereocenters. The number of benzene rings is 2. The standard InChI is InChI=1S/C15H12ClFN2O/c1-20-14-4-2-3-10(8-18)15(14)19-9-11-5-6-12(16)7-13(11)17/h2-7,19H,9H2,1H3. The summed E-state index contributed by atoms with van der Waals surface area (Å²) in [5.41, 5.74) is 1.45. The van der Waals surface area contributed by atoms with Crippen molar-refractivity contribution in [2.24, 2.45) is 0 Å². The third-order valence-electron chi connectivity index (χ3n) is 2.84. The minimum atomic E-state index is -0.390. The van der Waals surface area contributed by atoms with Gasteiger partial charge in [0.25, 0.3) is 0 Å². The molecule has 5 heteroatoms. The molecule has 0 aliphatic carbocycles. The van der Waals surface area contributed by atoms with Crippen LogP contribution in [0.1, 0.15) is 11.1 Å². The van der Waals surface area contributed by atoms with Gasteiger partial charge in [0.1, 0.15) is 17.6 Å². The number of para-hydroxylation sites is 1. The molecule has 0 bridgehead atoms. The molecule has 0 heterocycles. The highest BCUT2D eigenvalue weighted by Crippen LogP contribution is 2.28. The Morgan fingerprint density at radius 2 is 2.15 bits per heavy atom. The molecule has 2 aromatic rings. The van der Waals surface area contributed by atoms with E-state index >= 15 is 0 Å². The van der Waals surface area contributed by atoms with E-state index in [9.17, 15) is 4.39 Å². The van der Waals surface area contributed by atoms with E-state index in [-0.39, 0.29) is 6.54 Å². The molecule has 102 valence electrons. The molecule has 0 aliphatic heterocycles. The van der Waals surface area contributed by atoms with Gasteiger partial charge in [0.15, 0.2) is 0 Å². The molecular formula is C15H12ClFN2O. The number of methoxy groups -OCH3 is 1. The van der Waals surface area contributed by atoms with E-state index in [0.29, 0.717) is 27.6 Å². The van der Waals surface area contributed by atoms with Gasteiger partial charge >= 0.3 is 0 Å². The van der Waals surface area contributed by atoms with Gasteiger partial charge in [0, 0.05) is 17.1 Å². The number of ether oxygens (including phenoxy) is 1. The zero-order valence-corrected chi connectivity index (χ0v) is 11.5. The lowest BCUT2D eigenvalue weighted by atomic mass is 10.1. The largest absolute Gasteiger partial charge is 0.495 e. The first-order valence-corrected chi connectivity index (χ1v) is 6.28. The van der Waals surface area contributed by atoms with Crippen LogP contribution < -0.4 is 10.1 Å². The van der Waals surface area contributed by atoms with Crippen molar-refractivity contribution in [3.63, 3.8) is 0 Å². The molecule has 2 rings (SSSR count). The Balaban J connectivity index is 2.25. The molecule has 0 radical (unpaired) electrons. The van der Waals surface area contributed by atoms with Crippen LogP contribution in [0.4, 0.5) is 10.1 Å². The van der Waals surface area contributed by atoms with Crippen LogP contribution in [0.25, 0.3) is 0 Å². The Morgan fingerprint density at radius 3 is 2.80 bits per heavy atom. The number of rotatable bonds is 4. The third kappa shape index (κ3) is 3.01. The molecule has 0 fully saturated rings. The van der Waals surface area contributed by atoms with Gasteiger partial charge < -0.3 is 10.1 Å². The zero-order valence-electron chi connectivity index (χ0n) is 10.8. The van der Waals surface area contributed by atoms with Crippen molar-refractivity contribution < 1.29 is 9.13 Å². The molecule has 3 nitrogen and oxygen atoms in total. The fourth-order valence-corrected chi connectivity index (χ4v) is 1.98. The van der Waals surface area contributed by atoms with Crippen LogP contribution in [0.3, 0.4) is 0 Å². The number of hydrogen-bond donors (Lipinski definition) is 1. The van der Waals surface area contributed by atoms with Gasteiger partial charge in [0.2, 0.25) is 0 Å². The van der Waals surface area contributed by atoms with Crippen LogP contribution >= 0.6 is 11.6 Å². The van der Waals surface area contributed by atoms with Crippen LogP contribution in [-0.4, -0.2) is 7.11 Å². The van der Waals surface area contributed by atoms with E-state index in [1.54, 1.807) is 30.3 Å². The van der Waals surface area contributed by atoms with Crippen LogP contribution in [0.5, 0.6) is 5.75 Å².